The van der Waals surface area contributed by atoms with Crippen molar-refractivity contribution in [3.05, 3.63) is 47.8 Å². The Labute approximate surface area is 126 Å². The highest BCUT2D eigenvalue weighted by atomic mass is 16.5. The molecule has 0 saturated carbocycles. The number of rotatable bonds is 4. The summed E-state index contributed by atoms with van der Waals surface area (Å²) in [6.07, 6.45) is 4.54. The lowest BCUT2D eigenvalue weighted by molar-refractivity contribution is 0.197. The minimum Gasteiger partial charge on any atom is -0.497 e. The van der Waals surface area contributed by atoms with E-state index in [1.807, 2.05) is 17.9 Å². The van der Waals surface area contributed by atoms with E-state index in [1.165, 1.54) is 24.9 Å². The zero-order valence-corrected chi connectivity index (χ0v) is 12.8. The lowest BCUT2D eigenvalue weighted by Gasteiger charge is -2.32. The van der Waals surface area contributed by atoms with Gasteiger partial charge in [-0.2, -0.15) is 5.10 Å². The van der Waals surface area contributed by atoms with Gasteiger partial charge in [-0.05, 0) is 49.1 Å². The first kappa shape index (κ1) is 14.1. The van der Waals surface area contributed by atoms with Crippen LogP contribution in [0.1, 0.15) is 30.0 Å². The number of hydrogen-bond acceptors (Lipinski definition) is 3. The third-order valence-electron chi connectivity index (χ3n) is 4.25. The summed E-state index contributed by atoms with van der Waals surface area (Å²) in [6.45, 7) is 3.24. The fourth-order valence-electron chi connectivity index (χ4n) is 3.12. The molecule has 0 aliphatic carbocycles. The average Bonchev–Trinajstić information content (AvgIpc) is 2.93. The maximum absolute atomic E-state index is 5.24. The van der Waals surface area contributed by atoms with Crippen molar-refractivity contribution in [1.82, 2.24) is 14.7 Å². The summed E-state index contributed by atoms with van der Waals surface area (Å²) >= 11 is 0. The normalized spacial score (nSPS) is 19.6. The smallest absolute Gasteiger partial charge is 0.118 e. The summed E-state index contributed by atoms with van der Waals surface area (Å²) in [4.78, 5) is 2.51. The fourth-order valence-corrected chi connectivity index (χ4v) is 3.12. The van der Waals surface area contributed by atoms with E-state index in [2.05, 4.69) is 40.3 Å². The van der Waals surface area contributed by atoms with Gasteiger partial charge in [0.1, 0.15) is 5.75 Å². The molecular weight excluding hydrogens is 262 g/mol. The molecular formula is C17H23N3O. The largest absolute Gasteiger partial charge is 0.497 e. The van der Waals surface area contributed by atoms with Crippen LogP contribution < -0.4 is 4.74 Å². The van der Waals surface area contributed by atoms with Crippen molar-refractivity contribution in [2.75, 3.05) is 20.2 Å². The molecule has 21 heavy (non-hydrogen) atoms. The first-order valence-electron chi connectivity index (χ1n) is 7.59. The van der Waals surface area contributed by atoms with Gasteiger partial charge in [0.15, 0.2) is 0 Å². The van der Waals surface area contributed by atoms with Crippen LogP contribution in [0.4, 0.5) is 0 Å². The minimum atomic E-state index is 0.619. The number of methoxy groups -OCH3 is 1. The predicted octanol–water partition coefficient (Wildman–Crippen LogP) is 2.81. The summed E-state index contributed by atoms with van der Waals surface area (Å²) in [7, 11) is 3.68. The molecule has 1 aromatic heterocycles. The summed E-state index contributed by atoms with van der Waals surface area (Å²) in [5.74, 6) is 1.55. The number of nitrogens with zero attached hydrogens (tertiary/aromatic N) is 3. The Bertz CT molecular complexity index is 576. The number of aromatic nitrogens is 2. The van der Waals surface area contributed by atoms with E-state index in [-0.39, 0.29) is 0 Å². The van der Waals surface area contributed by atoms with Crippen LogP contribution in [-0.4, -0.2) is 34.9 Å². The molecule has 1 unspecified atom stereocenters. The highest BCUT2D eigenvalue weighted by Gasteiger charge is 2.21. The van der Waals surface area contributed by atoms with Crippen molar-refractivity contribution in [2.45, 2.75) is 25.3 Å². The van der Waals surface area contributed by atoms with Crippen LogP contribution in [0.5, 0.6) is 5.75 Å². The fraction of sp³-hybridized carbons (Fsp3) is 0.471. The van der Waals surface area contributed by atoms with Gasteiger partial charge >= 0.3 is 0 Å². The molecule has 3 rings (SSSR count). The summed E-state index contributed by atoms with van der Waals surface area (Å²) < 4.78 is 7.11. The maximum atomic E-state index is 5.24. The third-order valence-corrected chi connectivity index (χ3v) is 4.25. The Morgan fingerprint density at radius 3 is 2.71 bits per heavy atom. The van der Waals surface area contributed by atoms with Crippen LogP contribution in [0.15, 0.2) is 36.5 Å². The number of ether oxygens (including phenoxy) is 1. The van der Waals surface area contributed by atoms with Crippen molar-refractivity contribution in [1.29, 1.82) is 0 Å². The van der Waals surface area contributed by atoms with Crippen LogP contribution in [0.25, 0.3) is 0 Å². The van der Waals surface area contributed by atoms with Gasteiger partial charge in [-0.15, -0.1) is 0 Å². The quantitative estimate of drug-likeness (QED) is 0.865. The van der Waals surface area contributed by atoms with E-state index in [9.17, 15) is 0 Å². The summed E-state index contributed by atoms with van der Waals surface area (Å²) in [5.41, 5.74) is 2.58. The molecule has 0 amide bonds. The van der Waals surface area contributed by atoms with E-state index < -0.39 is 0 Å². The summed E-state index contributed by atoms with van der Waals surface area (Å²) in [6, 6.07) is 10.6. The molecule has 2 heterocycles. The Morgan fingerprint density at radius 1 is 1.24 bits per heavy atom. The zero-order valence-electron chi connectivity index (χ0n) is 12.8. The van der Waals surface area contributed by atoms with Crippen LogP contribution in [0, 0.1) is 0 Å². The van der Waals surface area contributed by atoms with Gasteiger partial charge in [0, 0.05) is 26.3 Å². The van der Waals surface area contributed by atoms with Crippen molar-refractivity contribution in [2.24, 2.45) is 7.05 Å². The SMILES string of the molecule is COc1ccc(C2CCCN(Cc3ccn(C)n3)C2)cc1. The lowest BCUT2D eigenvalue weighted by atomic mass is 9.90. The highest BCUT2D eigenvalue weighted by Crippen LogP contribution is 2.28. The molecule has 112 valence electrons. The Hall–Kier alpha value is -1.81. The molecule has 0 spiro atoms. The van der Waals surface area contributed by atoms with Crippen molar-refractivity contribution in [3.63, 3.8) is 0 Å². The molecule has 1 aromatic carbocycles. The standard InChI is InChI=1S/C17H23N3O/c1-19-11-9-16(18-19)13-20-10-3-4-15(12-20)14-5-7-17(21-2)8-6-14/h5-9,11,15H,3-4,10,12-13H2,1-2H3. The number of likely N-dealkylation sites (tertiary alicyclic amines) is 1. The van der Waals surface area contributed by atoms with Gasteiger partial charge in [-0.3, -0.25) is 9.58 Å². The second-order valence-corrected chi connectivity index (χ2v) is 5.83. The number of aryl methyl sites for hydroxylation is 1. The molecule has 1 aliphatic rings. The lowest BCUT2D eigenvalue weighted by Crippen LogP contribution is -2.34. The molecule has 1 aliphatic heterocycles. The molecule has 1 saturated heterocycles. The molecule has 0 radical (unpaired) electrons. The van der Waals surface area contributed by atoms with E-state index in [4.69, 9.17) is 4.74 Å². The summed E-state index contributed by atoms with van der Waals surface area (Å²) in [5, 5.41) is 4.48. The van der Waals surface area contributed by atoms with Crippen molar-refractivity contribution in [3.8, 4) is 5.75 Å². The minimum absolute atomic E-state index is 0.619. The monoisotopic (exact) mass is 285 g/mol. The van der Waals surface area contributed by atoms with Gasteiger partial charge in [-0.25, -0.2) is 0 Å². The second kappa shape index (κ2) is 6.31. The van der Waals surface area contributed by atoms with Gasteiger partial charge in [0.25, 0.3) is 0 Å². The number of benzene rings is 1. The molecule has 4 heteroatoms. The predicted molar refractivity (Wildman–Crippen MR) is 83.5 cm³/mol. The van der Waals surface area contributed by atoms with Gasteiger partial charge in [0.2, 0.25) is 0 Å². The number of hydrogen-bond donors (Lipinski definition) is 0. The van der Waals surface area contributed by atoms with Crippen molar-refractivity contribution >= 4 is 0 Å². The van der Waals surface area contributed by atoms with Crippen LogP contribution in [-0.2, 0) is 13.6 Å². The first-order valence-corrected chi connectivity index (χ1v) is 7.59. The van der Waals surface area contributed by atoms with E-state index in [0.29, 0.717) is 5.92 Å². The van der Waals surface area contributed by atoms with Crippen LogP contribution in [0.2, 0.25) is 0 Å². The van der Waals surface area contributed by atoms with Crippen LogP contribution in [0.3, 0.4) is 0 Å². The molecule has 1 fully saturated rings. The van der Waals surface area contributed by atoms with E-state index in [0.717, 1.165) is 24.5 Å². The Morgan fingerprint density at radius 2 is 2.05 bits per heavy atom. The van der Waals surface area contributed by atoms with Gasteiger partial charge in [0.05, 0.1) is 12.8 Å². The molecule has 2 aromatic rings. The topological polar surface area (TPSA) is 30.3 Å². The molecule has 4 nitrogen and oxygen atoms in total. The number of piperidine rings is 1. The van der Waals surface area contributed by atoms with Crippen LogP contribution >= 0.6 is 0 Å². The molecule has 1 atom stereocenters. The second-order valence-electron chi connectivity index (χ2n) is 5.83. The Kier molecular flexibility index (Phi) is 4.25. The third kappa shape index (κ3) is 3.45. The van der Waals surface area contributed by atoms with E-state index in [1.54, 1.807) is 7.11 Å². The zero-order chi connectivity index (χ0) is 14.7. The van der Waals surface area contributed by atoms with E-state index >= 15 is 0 Å². The highest BCUT2D eigenvalue weighted by molar-refractivity contribution is 5.29. The van der Waals surface area contributed by atoms with Gasteiger partial charge < -0.3 is 4.74 Å². The maximum Gasteiger partial charge on any atom is 0.118 e. The van der Waals surface area contributed by atoms with Gasteiger partial charge in [-0.1, -0.05) is 12.1 Å². The molecule has 0 N–H and O–H groups in total. The van der Waals surface area contributed by atoms with Crippen molar-refractivity contribution < 1.29 is 4.74 Å². The Balaban J connectivity index is 1.64. The molecule has 0 bridgehead atoms. The first-order chi connectivity index (χ1) is 10.2. The average molecular weight is 285 g/mol.